The van der Waals surface area contributed by atoms with Gasteiger partial charge in [-0.25, -0.2) is 9.69 Å². The topological polar surface area (TPSA) is 123 Å². The second-order valence-electron chi connectivity index (χ2n) is 8.13. The van der Waals surface area contributed by atoms with Crippen molar-refractivity contribution in [2.24, 2.45) is 0 Å². The number of hydrogen-bond acceptors (Lipinski definition) is 8. The summed E-state index contributed by atoms with van der Waals surface area (Å²) in [5, 5.41) is 5.29. The molecule has 1 heterocycles. The van der Waals surface area contributed by atoms with Gasteiger partial charge in [-0.05, 0) is 55.5 Å². The Morgan fingerprint density at radius 3 is 2.36 bits per heavy atom. The maximum absolute atomic E-state index is 13.2. The Balaban J connectivity index is 1.53. The van der Waals surface area contributed by atoms with Crippen LogP contribution in [0.15, 0.2) is 77.5 Å². The number of carbonyl (C=O) groups is 4. The summed E-state index contributed by atoms with van der Waals surface area (Å²) < 4.78 is 15.5. The van der Waals surface area contributed by atoms with Crippen molar-refractivity contribution in [3.63, 3.8) is 0 Å². The summed E-state index contributed by atoms with van der Waals surface area (Å²) in [5.74, 6) is -1.52. The number of esters is 1. The number of anilines is 3. The zero-order valence-corrected chi connectivity index (χ0v) is 22.0. The number of imide groups is 1. The lowest BCUT2D eigenvalue weighted by Gasteiger charge is -2.16. The van der Waals surface area contributed by atoms with Crippen LogP contribution >= 0.6 is 11.6 Å². The molecule has 3 aromatic carbocycles. The van der Waals surface area contributed by atoms with E-state index in [0.717, 1.165) is 4.90 Å². The van der Waals surface area contributed by atoms with Crippen LogP contribution in [0.2, 0.25) is 0 Å². The van der Waals surface area contributed by atoms with E-state index in [0.29, 0.717) is 22.9 Å². The van der Waals surface area contributed by atoms with Crippen molar-refractivity contribution in [3.8, 4) is 11.5 Å². The van der Waals surface area contributed by atoms with E-state index >= 15 is 0 Å². The molecule has 10 nitrogen and oxygen atoms in total. The van der Waals surface area contributed by atoms with E-state index in [1.54, 1.807) is 43.3 Å². The van der Waals surface area contributed by atoms with Gasteiger partial charge in [0.15, 0.2) is 0 Å². The van der Waals surface area contributed by atoms with Gasteiger partial charge in [0.1, 0.15) is 22.2 Å². The van der Waals surface area contributed by atoms with Gasteiger partial charge in [0.05, 0.1) is 37.8 Å². The third-order valence-electron chi connectivity index (χ3n) is 5.69. The first-order valence-electron chi connectivity index (χ1n) is 11.7. The number of benzene rings is 3. The van der Waals surface area contributed by atoms with Crippen LogP contribution in [-0.2, 0) is 14.3 Å². The van der Waals surface area contributed by atoms with Crippen molar-refractivity contribution in [2.45, 2.75) is 6.92 Å². The third kappa shape index (κ3) is 5.70. The highest BCUT2D eigenvalue weighted by Gasteiger charge is 2.39. The van der Waals surface area contributed by atoms with Gasteiger partial charge in [-0.2, -0.15) is 0 Å². The lowest BCUT2D eigenvalue weighted by atomic mass is 10.1. The van der Waals surface area contributed by atoms with Crippen molar-refractivity contribution in [1.29, 1.82) is 0 Å². The van der Waals surface area contributed by atoms with E-state index in [-0.39, 0.29) is 34.2 Å². The molecule has 3 aromatic rings. The maximum Gasteiger partial charge on any atom is 0.338 e. The first kappa shape index (κ1) is 27.2. The van der Waals surface area contributed by atoms with Crippen LogP contribution in [0, 0.1) is 0 Å². The number of ether oxygens (including phenoxy) is 3. The fourth-order valence-electron chi connectivity index (χ4n) is 3.81. The maximum atomic E-state index is 13.2. The zero-order chi connectivity index (χ0) is 28.1. The van der Waals surface area contributed by atoms with Gasteiger partial charge in [0.25, 0.3) is 17.7 Å². The number of amides is 3. The van der Waals surface area contributed by atoms with Crippen LogP contribution in [0.4, 0.5) is 17.1 Å². The Morgan fingerprint density at radius 2 is 1.64 bits per heavy atom. The number of halogens is 1. The van der Waals surface area contributed by atoms with Gasteiger partial charge in [0, 0.05) is 17.3 Å². The van der Waals surface area contributed by atoms with Gasteiger partial charge in [-0.1, -0.05) is 23.7 Å². The highest BCUT2D eigenvalue weighted by Crippen LogP contribution is 2.32. The molecule has 39 heavy (non-hydrogen) atoms. The molecule has 0 spiro atoms. The van der Waals surface area contributed by atoms with Gasteiger partial charge >= 0.3 is 5.97 Å². The third-order valence-corrected chi connectivity index (χ3v) is 6.04. The van der Waals surface area contributed by atoms with E-state index in [2.05, 4.69) is 10.6 Å². The molecule has 4 rings (SSSR count). The van der Waals surface area contributed by atoms with E-state index in [1.165, 1.54) is 44.6 Å². The average molecular weight is 550 g/mol. The Labute approximate surface area is 229 Å². The second kappa shape index (κ2) is 11.7. The van der Waals surface area contributed by atoms with Crippen molar-refractivity contribution in [1.82, 2.24) is 0 Å². The summed E-state index contributed by atoms with van der Waals surface area (Å²) in [7, 11) is 3.00. The molecule has 1 aliphatic heterocycles. The van der Waals surface area contributed by atoms with Crippen LogP contribution in [0.5, 0.6) is 11.5 Å². The molecule has 1 aliphatic rings. The minimum atomic E-state index is -0.759. The van der Waals surface area contributed by atoms with Crippen LogP contribution in [0.1, 0.15) is 27.6 Å². The second-order valence-corrected chi connectivity index (χ2v) is 8.51. The normalized spacial score (nSPS) is 12.9. The molecule has 0 radical (unpaired) electrons. The van der Waals surface area contributed by atoms with Crippen molar-refractivity contribution < 1.29 is 33.4 Å². The van der Waals surface area contributed by atoms with E-state index in [4.69, 9.17) is 25.8 Å². The summed E-state index contributed by atoms with van der Waals surface area (Å²) in [6, 6.07) is 17.2. The fraction of sp³-hybridized carbons (Fsp3) is 0.143. The van der Waals surface area contributed by atoms with Crippen LogP contribution < -0.4 is 25.0 Å². The Kier molecular flexibility index (Phi) is 8.16. The van der Waals surface area contributed by atoms with Crippen LogP contribution in [0.25, 0.3) is 0 Å². The van der Waals surface area contributed by atoms with E-state index in [1.807, 2.05) is 0 Å². The number of methoxy groups -OCH3 is 2. The fourth-order valence-corrected chi connectivity index (χ4v) is 4.02. The standard InChI is InChI=1S/C28H24ClN3O7/c1-4-39-28(36)17-8-6-10-19(14-17)32-26(34)23(29)24(27(32)35)30-18-9-5-7-16(13-18)25(33)31-21-12-11-20(37-2)15-22(21)38-3/h5-15,30H,4H2,1-3H3,(H,31,33). The highest BCUT2D eigenvalue weighted by atomic mass is 35.5. The molecule has 0 aromatic heterocycles. The molecule has 0 saturated heterocycles. The Bertz CT molecular complexity index is 1500. The first-order valence-corrected chi connectivity index (χ1v) is 12.1. The molecule has 3 amide bonds. The number of nitrogens with one attached hydrogen (secondary N) is 2. The first-order chi connectivity index (χ1) is 18.8. The molecule has 0 unspecified atom stereocenters. The molecule has 0 bridgehead atoms. The molecule has 0 atom stereocenters. The highest BCUT2D eigenvalue weighted by molar-refractivity contribution is 6.53. The van der Waals surface area contributed by atoms with Gasteiger partial charge in [0.2, 0.25) is 0 Å². The van der Waals surface area contributed by atoms with Gasteiger partial charge in [-0.3, -0.25) is 14.4 Å². The van der Waals surface area contributed by atoms with Gasteiger partial charge in [-0.15, -0.1) is 0 Å². The largest absolute Gasteiger partial charge is 0.497 e. The molecule has 200 valence electrons. The van der Waals surface area contributed by atoms with Crippen molar-refractivity contribution in [3.05, 3.63) is 88.6 Å². The molecular weight excluding hydrogens is 526 g/mol. The number of rotatable bonds is 9. The van der Waals surface area contributed by atoms with Crippen molar-refractivity contribution in [2.75, 3.05) is 36.4 Å². The summed E-state index contributed by atoms with van der Waals surface area (Å²) in [5.41, 5.74) is 1.22. The number of hydrogen-bond donors (Lipinski definition) is 2. The molecule has 2 N–H and O–H groups in total. The van der Waals surface area contributed by atoms with E-state index < -0.39 is 23.7 Å². The lowest BCUT2D eigenvalue weighted by Crippen LogP contribution is -2.32. The average Bonchev–Trinajstić information content (AvgIpc) is 3.16. The van der Waals surface area contributed by atoms with E-state index in [9.17, 15) is 19.2 Å². The molecular formula is C28H24ClN3O7. The predicted octanol–water partition coefficient (Wildman–Crippen LogP) is 4.57. The zero-order valence-electron chi connectivity index (χ0n) is 21.2. The quantitative estimate of drug-likeness (QED) is 0.294. The SMILES string of the molecule is CCOC(=O)c1cccc(N2C(=O)C(Cl)=C(Nc3cccc(C(=O)Nc4ccc(OC)cc4OC)c3)C2=O)c1. The lowest BCUT2D eigenvalue weighted by molar-refractivity contribution is -0.120. The van der Waals surface area contributed by atoms with Crippen LogP contribution in [-0.4, -0.2) is 44.5 Å². The smallest absolute Gasteiger partial charge is 0.338 e. The monoisotopic (exact) mass is 549 g/mol. The van der Waals surface area contributed by atoms with Gasteiger partial charge < -0.3 is 24.8 Å². The summed E-state index contributed by atoms with van der Waals surface area (Å²) in [6.07, 6.45) is 0. The summed E-state index contributed by atoms with van der Waals surface area (Å²) in [4.78, 5) is 52.0. The minimum absolute atomic E-state index is 0.159. The predicted molar refractivity (Wildman–Crippen MR) is 145 cm³/mol. The summed E-state index contributed by atoms with van der Waals surface area (Å²) in [6.45, 7) is 1.85. The molecule has 0 saturated carbocycles. The molecule has 0 aliphatic carbocycles. The molecule has 0 fully saturated rings. The minimum Gasteiger partial charge on any atom is -0.497 e. The Morgan fingerprint density at radius 1 is 0.897 bits per heavy atom. The Hall–Kier alpha value is -4.83. The molecule has 11 heteroatoms. The number of carbonyl (C=O) groups excluding carboxylic acids is 4. The van der Waals surface area contributed by atoms with Crippen LogP contribution in [0.3, 0.4) is 0 Å². The summed E-state index contributed by atoms with van der Waals surface area (Å²) >= 11 is 6.25. The van der Waals surface area contributed by atoms with Crippen molar-refractivity contribution >= 4 is 52.4 Å². The number of nitrogens with zero attached hydrogens (tertiary/aromatic N) is 1.